The van der Waals surface area contributed by atoms with Crippen molar-refractivity contribution in [1.82, 2.24) is 13.9 Å². The molecule has 1 aromatic heterocycles. The lowest BCUT2D eigenvalue weighted by Gasteiger charge is -3.07. The summed E-state index contributed by atoms with van der Waals surface area (Å²) in [6.45, 7) is 0. The molecule has 6 saturated carbocycles. The van der Waals surface area contributed by atoms with Gasteiger partial charge >= 0.3 is 11.4 Å². The zero-order valence-corrected chi connectivity index (χ0v) is 15.1. The van der Waals surface area contributed by atoms with E-state index in [1.165, 1.54) is 43.1 Å². The van der Waals surface area contributed by atoms with Gasteiger partial charge in [-0.2, -0.15) is 0 Å². The molecule has 1 aromatic carbocycles. The molecule has 2 aliphatic heterocycles. The summed E-state index contributed by atoms with van der Waals surface area (Å²) in [5.74, 6) is 1.76. The van der Waals surface area contributed by atoms with E-state index in [0.29, 0.717) is 33.7 Å². The molecule has 4 atom stereocenters. The van der Waals surface area contributed by atoms with Gasteiger partial charge in [0.15, 0.2) is 0 Å². The van der Waals surface area contributed by atoms with Crippen LogP contribution >= 0.6 is 0 Å². The largest absolute Gasteiger partial charge is 0.352 e. The van der Waals surface area contributed by atoms with Crippen molar-refractivity contribution in [2.45, 2.75) is 50.6 Å². The van der Waals surface area contributed by atoms with Crippen LogP contribution in [-0.4, -0.2) is 13.9 Å². The van der Waals surface area contributed by atoms with Crippen LogP contribution in [0.1, 0.15) is 50.6 Å². The molecule has 0 unspecified atom stereocenters. The molecular weight excluding hydrogens is 338 g/mol. The van der Waals surface area contributed by atoms with Gasteiger partial charge in [-0.05, 0) is 49.7 Å². The van der Waals surface area contributed by atoms with Crippen molar-refractivity contribution in [3.63, 3.8) is 0 Å². The molecule has 6 aliphatic carbocycles. The van der Waals surface area contributed by atoms with Gasteiger partial charge in [-0.3, -0.25) is 0 Å². The van der Waals surface area contributed by atoms with Crippen molar-refractivity contribution in [1.29, 1.82) is 0 Å². The lowest BCUT2D eigenvalue weighted by molar-refractivity contribution is -0.615. The zero-order chi connectivity index (χ0) is 17.6. The summed E-state index contributed by atoms with van der Waals surface area (Å²) < 4.78 is 5.43. The van der Waals surface area contributed by atoms with Gasteiger partial charge in [-0.1, -0.05) is 31.0 Å². The second-order valence-corrected chi connectivity index (χ2v) is 10.6. The molecule has 136 valence electrons. The minimum absolute atomic E-state index is 0.0836. The maximum Gasteiger partial charge on any atom is 0.352 e. The van der Waals surface area contributed by atoms with Crippen LogP contribution in [0, 0.1) is 33.5 Å². The van der Waals surface area contributed by atoms with Crippen molar-refractivity contribution in [2.24, 2.45) is 33.5 Å². The van der Waals surface area contributed by atoms with Crippen LogP contribution in [0.3, 0.4) is 0 Å². The minimum atomic E-state index is -0.0836. The van der Waals surface area contributed by atoms with E-state index in [2.05, 4.69) is 0 Å². The molecule has 27 heavy (non-hydrogen) atoms. The number of benzene rings is 1. The summed E-state index contributed by atoms with van der Waals surface area (Å²) in [6, 6.07) is 10.1. The first kappa shape index (κ1) is 13.2. The van der Waals surface area contributed by atoms with Crippen LogP contribution in [0.5, 0.6) is 0 Å². The summed E-state index contributed by atoms with van der Waals surface area (Å²) in [5.41, 5.74) is 2.03. The van der Waals surface area contributed by atoms with Gasteiger partial charge in [0.25, 0.3) is 0 Å². The van der Waals surface area contributed by atoms with Crippen molar-refractivity contribution in [3.05, 3.63) is 51.3 Å². The first-order chi connectivity index (χ1) is 13.2. The summed E-state index contributed by atoms with van der Waals surface area (Å²) >= 11 is 0. The van der Waals surface area contributed by atoms with Gasteiger partial charge in [0.05, 0.1) is 17.8 Å². The highest BCUT2D eigenvalue weighted by Gasteiger charge is 3.12. The highest BCUT2D eigenvalue weighted by molar-refractivity contribution is 5.58. The highest BCUT2D eigenvalue weighted by atomic mass is 16.2. The average molecular weight is 359 g/mol. The summed E-state index contributed by atoms with van der Waals surface area (Å²) in [7, 11) is 0. The van der Waals surface area contributed by atoms with E-state index in [0.717, 1.165) is 17.5 Å². The number of aromatic nitrogens is 3. The molecule has 8 aliphatic rings. The SMILES string of the molecule is O=c1n(-c2ccccc2)c(=O)n2n1C1[C@@]34CCC[C@]35C3C4[C@@]14CCC[C@]34C25. The molecule has 4 spiro atoms. The Kier molecular flexibility index (Phi) is 1.56. The fourth-order valence-electron chi connectivity index (χ4n) is 11.6. The van der Waals surface area contributed by atoms with Crippen LogP contribution in [-0.2, 0) is 0 Å². The molecule has 2 aromatic rings. The Labute approximate surface area is 155 Å². The Morgan fingerprint density at radius 1 is 0.704 bits per heavy atom. The highest BCUT2D eigenvalue weighted by Crippen LogP contribution is 3.14. The van der Waals surface area contributed by atoms with Gasteiger partial charge in [-0.15, -0.1) is 0 Å². The molecule has 3 heterocycles. The molecule has 0 saturated heterocycles. The van der Waals surface area contributed by atoms with Crippen molar-refractivity contribution >= 4 is 0 Å². The van der Waals surface area contributed by atoms with Crippen LogP contribution in [0.25, 0.3) is 5.69 Å². The number of hydrogen-bond donors (Lipinski definition) is 0. The van der Waals surface area contributed by atoms with E-state index in [4.69, 9.17) is 0 Å². The molecule has 2 bridgehead atoms. The van der Waals surface area contributed by atoms with E-state index < -0.39 is 0 Å². The average Bonchev–Trinajstić information content (AvgIpc) is 3.30. The van der Waals surface area contributed by atoms with Gasteiger partial charge in [-0.25, -0.2) is 23.5 Å². The molecule has 6 fully saturated rings. The third-order valence-corrected chi connectivity index (χ3v) is 11.1. The topological polar surface area (TPSA) is 48.9 Å². The monoisotopic (exact) mass is 359 g/mol. The van der Waals surface area contributed by atoms with Crippen molar-refractivity contribution in [3.8, 4) is 5.69 Å². The second-order valence-electron chi connectivity index (χ2n) is 10.6. The number of para-hydroxylation sites is 1. The Morgan fingerprint density at radius 2 is 1.15 bits per heavy atom. The maximum absolute atomic E-state index is 13.6. The summed E-state index contributed by atoms with van der Waals surface area (Å²) in [4.78, 5) is 27.2. The van der Waals surface area contributed by atoms with Crippen LogP contribution < -0.4 is 11.4 Å². The Hall–Kier alpha value is -2.04. The molecule has 0 amide bonds. The van der Waals surface area contributed by atoms with E-state index in [1.807, 2.05) is 39.7 Å². The smallest absolute Gasteiger partial charge is 0.245 e. The van der Waals surface area contributed by atoms with Crippen LogP contribution in [0.2, 0.25) is 0 Å². The lowest BCUT2D eigenvalue weighted by Crippen LogP contribution is -3.06. The van der Waals surface area contributed by atoms with Crippen molar-refractivity contribution in [2.75, 3.05) is 0 Å². The lowest BCUT2D eigenvalue weighted by atomic mass is 8.98. The fraction of sp³-hybridized carbons (Fsp3) is 0.636. The first-order valence-corrected chi connectivity index (χ1v) is 10.7. The zero-order valence-electron chi connectivity index (χ0n) is 15.1. The van der Waals surface area contributed by atoms with E-state index in [9.17, 15) is 9.59 Å². The number of rotatable bonds is 1. The normalized spacial score (nSPS) is 55.4. The quantitative estimate of drug-likeness (QED) is 0.785. The van der Waals surface area contributed by atoms with E-state index >= 15 is 0 Å². The van der Waals surface area contributed by atoms with E-state index in [1.54, 1.807) is 0 Å². The first-order valence-electron chi connectivity index (χ1n) is 10.7. The Bertz CT molecular complexity index is 1130. The Balaban J connectivity index is 1.43. The molecule has 0 N–H and O–H groups in total. The molecule has 10 rings (SSSR count). The molecular formula is C22H21N3O2. The second kappa shape index (κ2) is 3.19. The Morgan fingerprint density at radius 3 is 1.59 bits per heavy atom. The maximum atomic E-state index is 13.6. The van der Waals surface area contributed by atoms with Gasteiger partial charge < -0.3 is 0 Å². The third-order valence-electron chi connectivity index (χ3n) is 11.1. The minimum Gasteiger partial charge on any atom is -0.245 e. The van der Waals surface area contributed by atoms with Crippen molar-refractivity contribution < 1.29 is 0 Å². The predicted molar refractivity (Wildman–Crippen MR) is 96.8 cm³/mol. The number of hydrogen-bond acceptors (Lipinski definition) is 2. The van der Waals surface area contributed by atoms with Gasteiger partial charge in [0.1, 0.15) is 0 Å². The van der Waals surface area contributed by atoms with Gasteiger partial charge in [0.2, 0.25) is 0 Å². The number of nitrogens with zero attached hydrogens (tertiary/aromatic N) is 3. The van der Waals surface area contributed by atoms with E-state index in [-0.39, 0.29) is 11.4 Å². The van der Waals surface area contributed by atoms with Gasteiger partial charge in [0, 0.05) is 21.7 Å². The fourth-order valence-corrected chi connectivity index (χ4v) is 11.6. The summed E-state index contributed by atoms with van der Waals surface area (Å²) in [6.07, 6.45) is 7.79. The predicted octanol–water partition coefficient (Wildman–Crippen LogP) is 2.50. The molecule has 5 nitrogen and oxygen atoms in total. The standard InChI is InChI=1S/C22H21N3O2/c26-17-23(12-6-2-1-3-7-12)18(27)25-16-20-9-4-8-19(20)13-14(20)22(16)11-5-10-21(13,22)15(19)24(17)25/h1-3,6-7,13-16H,4-5,8-11H2/t13?,14?,15?,16?,19-,20+,21-,22+. The molecule has 5 heteroatoms. The van der Waals surface area contributed by atoms with Crippen LogP contribution in [0.4, 0.5) is 0 Å². The summed E-state index contributed by atoms with van der Waals surface area (Å²) in [5, 5.41) is 0. The molecule has 0 radical (unpaired) electrons. The van der Waals surface area contributed by atoms with Crippen LogP contribution in [0.15, 0.2) is 39.9 Å². The third kappa shape index (κ3) is 0.752.